The van der Waals surface area contributed by atoms with Crippen LogP contribution < -0.4 is 10.4 Å². The summed E-state index contributed by atoms with van der Waals surface area (Å²) in [5.41, 5.74) is 2.64. The van der Waals surface area contributed by atoms with Crippen molar-refractivity contribution < 1.29 is 19.1 Å². The smallest absolute Gasteiger partial charge is 0.339 e. The van der Waals surface area contributed by atoms with Gasteiger partial charge in [-0.3, -0.25) is 4.79 Å². The van der Waals surface area contributed by atoms with Gasteiger partial charge in [0.1, 0.15) is 11.3 Å². The number of hydrogen-bond donors (Lipinski definition) is 1. The monoisotopic (exact) mass is 489 g/mol. The lowest BCUT2D eigenvalue weighted by Gasteiger charge is -2.53. The third kappa shape index (κ3) is 4.11. The Labute approximate surface area is 211 Å². The number of nitrogens with zero attached hydrogens (tertiary/aromatic N) is 1. The molecule has 1 aromatic heterocycles. The normalized spacial score (nSPS) is 24.9. The van der Waals surface area contributed by atoms with E-state index in [2.05, 4.69) is 12.1 Å². The number of rotatable bonds is 4. The van der Waals surface area contributed by atoms with Gasteiger partial charge in [-0.15, -0.1) is 0 Å². The minimum absolute atomic E-state index is 0.00134. The van der Waals surface area contributed by atoms with Crippen molar-refractivity contribution in [3.63, 3.8) is 0 Å². The first-order chi connectivity index (χ1) is 17.2. The number of carbonyl (C=O) groups is 1. The molecule has 190 valence electrons. The first-order valence-corrected chi connectivity index (χ1v) is 13.0. The molecule has 0 spiro atoms. The number of aryl methyl sites for hydroxylation is 2. The summed E-state index contributed by atoms with van der Waals surface area (Å²) in [5.74, 6) is 0.427. The van der Waals surface area contributed by atoms with Crippen molar-refractivity contribution in [2.45, 2.75) is 77.5 Å². The molecule has 1 saturated carbocycles. The zero-order chi connectivity index (χ0) is 25.6. The van der Waals surface area contributed by atoms with E-state index < -0.39 is 11.7 Å². The van der Waals surface area contributed by atoms with E-state index >= 15 is 0 Å². The van der Waals surface area contributed by atoms with Crippen molar-refractivity contribution in [1.29, 1.82) is 0 Å². The molecule has 6 nitrogen and oxygen atoms in total. The highest BCUT2D eigenvalue weighted by Gasteiger charge is 2.50. The summed E-state index contributed by atoms with van der Waals surface area (Å²) in [4.78, 5) is 28.0. The van der Waals surface area contributed by atoms with Crippen LogP contribution in [0.5, 0.6) is 5.75 Å². The Kier molecular flexibility index (Phi) is 6.41. The SMILES string of the molecule is Cc1c(C)c2ccc(OC(C)C(=O)N3CC[C@@]4(O)CCCC[C@H]4[C@@H]3c3ccccc3)c(C)c2oc1=O. The second-order valence-electron chi connectivity index (χ2n) is 10.6. The van der Waals surface area contributed by atoms with Crippen LogP contribution in [0.1, 0.15) is 67.3 Å². The highest BCUT2D eigenvalue weighted by Crippen LogP contribution is 2.49. The molecule has 2 aliphatic rings. The Morgan fingerprint density at radius 2 is 1.81 bits per heavy atom. The number of amides is 1. The second-order valence-corrected chi connectivity index (χ2v) is 10.6. The molecule has 1 unspecified atom stereocenters. The van der Waals surface area contributed by atoms with E-state index in [0.717, 1.165) is 42.2 Å². The molecule has 1 aliphatic carbocycles. The van der Waals surface area contributed by atoms with Crippen LogP contribution in [0.4, 0.5) is 0 Å². The zero-order valence-corrected chi connectivity index (χ0v) is 21.5. The van der Waals surface area contributed by atoms with Crippen LogP contribution in [-0.4, -0.2) is 34.2 Å². The predicted octanol–water partition coefficient (Wildman–Crippen LogP) is 5.38. The van der Waals surface area contributed by atoms with Crippen LogP contribution in [-0.2, 0) is 4.79 Å². The maximum absolute atomic E-state index is 13.8. The summed E-state index contributed by atoms with van der Waals surface area (Å²) in [7, 11) is 0. The minimum atomic E-state index is -0.736. The van der Waals surface area contributed by atoms with Gasteiger partial charge in [0.2, 0.25) is 0 Å². The van der Waals surface area contributed by atoms with E-state index in [1.54, 1.807) is 13.8 Å². The van der Waals surface area contributed by atoms with E-state index in [4.69, 9.17) is 9.15 Å². The molecule has 2 aromatic carbocycles. The standard InChI is InChI=1S/C30H35NO5/c1-18-19(2)29(33)36-27-20(3)25(14-13-23(18)27)35-21(4)28(32)31-17-16-30(34)15-9-8-12-24(30)26(31)22-10-6-5-7-11-22/h5-7,10-11,13-14,21,24,26,34H,8-9,12,15-17H2,1-4H3/t21?,24-,26-,30-/m0/s1. The lowest BCUT2D eigenvalue weighted by Crippen LogP contribution is -2.58. The molecule has 1 saturated heterocycles. The van der Waals surface area contributed by atoms with Crippen LogP contribution in [0.3, 0.4) is 0 Å². The number of likely N-dealkylation sites (tertiary alicyclic amines) is 1. The summed E-state index contributed by atoms with van der Waals surface area (Å²) < 4.78 is 11.8. The fourth-order valence-electron chi connectivity index (χ4n) is 6.22. The van der Waals surface area contributed by atoms with Crippen molar-refractivity contribution in [3.8, 4) is 5.75 Å². The number of benzene rings is 2. The van der Waals surface area contributed by atoms with Crippen LogP contribution >= 0.6 is 0 Å². The van der Waals surface area contributed by atoms with Gasteiger partial charge in [0.25, 0.3) is 5.91 Å². The van der Waals surface area contributed by atoms with Gasteiger partial charge in [-0.1, -0.05) is 43.2 Å². The molecule has 5 rings (SSSR count). The van der Waals surface area contributed by atoms with Crippen LogP contribution in [0.2, 0.25) is 0 Å². The molecule has 6 heteroatoms. The van der Waals surface area contributed by atoms with Gasteiger partial charge < -0.3 is 19.2 Å². The zero-order valence-electron chi connectivity index (χ0n) is 21.5. The first kappa shape index (κ1) is 24.6. The molecule has 0 bridgehead atoms. The molecule has 1 N–H and O–H groups in total. The Morgan fingerprint density at radius 1 is 1.06 bits per heavy atom. The summed E-state index contributed by atoms with van der Waals surface area (Å²) in [6.07, 6.45) is 3.62. The summed E-state index contributed by atoms with van der Waals surface area (Å²) >= 11 is 0. The summed E-state index contributed by atoms with van der Waals surface area (Å²) in [6, 6.07) is 13.6. The van der Waals surface area contributed by atoms with E-state index in [1.807, 2.05) is 49.1 Å². The molecule has 2 fully saturated rings. The Hall–Kier alpha value is -3.12. The van der Waals surface area contributed by atoms with E-state index in [1.165, 1.54) is 0 Å². The highest BCUT2D eigenvalue weighted by molar-refractivity contribution is 5.86. The lowest BCUT2D eigenvalue weighted by molar-refractivity contribution is -0.161. The second kappa shape index (κ2) is 9.40. The van der Waals surface area contributed by atoms with E-state index in [0.29, 0.717) is 35.4 Å². The molecule has 4 atom stereocenters. The van der Waals surface area contributed by atoms with Crippen molar-refractivity contribution in [1.82, 2.24) is 4.90 Å². The van der Waals surface area contributed by atoms with Gasteiger partial charge in [0, 0.05) is 29.0 Å². The van der Waals surface area contributed by atoms with Crippen molar-refractivity contribution in [2.75, 3.05) is 6.54 Å². The van der Waals surface area contributed by atoms with E-state index in [9.17, 15) is 14.7 Å². The van der Waals surface area contributed by atoms with Gasteiger partial charge in [0.05, 0.1) is 11.6 Å². The van der Waals surface area contributed by atoms with Gasteiger partial charge in [-0.05, 0) is 70.2 Å². The fraction of sp³-hybridized carbons (Fsp3) is 0.467. The van der Waals surface area contributed by atoms with Crippen molar-refractivity contribution in [2.24, 2.45) is 5.92 Å². The van der Waals surface area contributed by atoms with Gasteiger partial charge in [-0.2, -0.15) is 0 Å². The highest BCUT2D eigenvalue weighted by atomic mass is 16.5. The molecular weight excluding hydrogens is 454 g/mol. The number of fused-ring (bicyclic) bond motifs is 2. The topological polar surface area (TPSA) is 80.0 Å². The average Bonchev–Trinajstić information content (AvgIpc) is 2.88. The largest absolute Gasteiger partial charge is 0.480 e. The average molecular weight is 490 g/mol. The van der Waals surface area contributed by atoms with Gasteiger partial charge in [-0.25, -0.2) is 4.79 Å². The van der Waals surface area contributed by atoms with Gasteiger partial charge in [0.15, 0.2) is 6.10 Å². The number of aliphatic hydroxyl groups is 1. The van der Waals surface area contributed by atoms with E-state index in [-0.39, 0.29) is 23.5 Å². The molecule has 1 aliphatic heterocycles. The first-order valence-electron chi connectivity index (χ1n) is 13.0. The van der Waals surface area contributed by atoms with Crippen LogP contribution in [0.15, 0.2) is 51.7 Å². The van der Waals surface area contributed by atoms with Crippen LogP contribution in [0, 0.1) is 26.7 Å². The Morgan fingerprint density at radius 3 is 2.56 bits per heavy atom. The molecule has 36 heavy (non-hydrogen) atoms. The number of carbonyl (C=O) groups excluding carboxylic acids is 1. The molecule has 2 heterocycles. The maximum Gasteiger partial charge on any atom is 0.339 e. The van der Waals surface area contributed by atoms with Crippen LogP contribution in [0.25, 0.3) is 11.0 Å². The quantitative estimate of drug-likeness (QED) is 0.498. The Balaban J connectivity index is 1.45. The lowest BCUT2D eigenvalue weighted by atomic mass is 9.66. The van der Waals surface area contributed by atoms with Crippen molar-refractivity contribution in [3.05, 3.63) is 75.1 Å². The third-order valence-corrected chi connectivity index (χ3v) is 8.47. The van der Waals surface area contributed by atoms with Gasteiger partial charge >= 0.3 is 5.63 Å². The number of piperidine rings is 1. The molecule has 3 aromatic rings. The maximum atomic E-state index is 13.8. The molecule has 0 radical (unpaired) electrons. The molecular formula is C30H35NO5. The summed E-state index contributed by atoms with van der Waals surface area (Å²) in [5, 5.41) is 12.4. The van der Waals surface area contributed by atoms with Crippen molar-refractivity contribution >= 4 is 16.9 Å². The summed E-state index contributed by atoms with van der Waals surface area (Å²) in [6.45, 7) is 7.78. The Bertz CT molecular complexity index is 1350. The number of ether oxygens (including phenoxy) is 1. The predicted molar refractivity (Wildman–Crippen MR) is 139 cm³/mol. The fourth-order valence-corrected chi connectivity index (χ4v) is 6.22. The number of hydrogen-bond acceptors (Lipinski definition) is 5. The molecule has 1 amide bonds. The third-order valence-electron chi connectivity index (χ3n) is 8.47. The minimum Gasteiger partial charge on any atom is -0.480 e.